The molecule has 1 aliphatic rings. The van der Waals surface area contributed by atoms with Crippen molar-refractivity contribution in [3.63, 3.8) is 0 Å². The van der Waals surface area contributed by atoms with Crippen molar-refractivity contribution in [1.82, 2.24) is 14.8 Å². The lowest BCUT2D eigenvalue weighted by atomic mass is 10.1. The summed E-state index contributed by atoms with van der Waals surface area (Å²) in [5.41, 5.74) is 3.36. The number of halogens is 1. The van der Waals surface area contributed by atoms with Gasteiger partial charge in [-0.3, -0.25) is 23.9 Å². The van der Waals surface area contributed by atoms with E-state index in [9.17, 15) is 24.0 Å². The number of aliphatic hydroxyl groups excluding tert-OH is 1. The molecule has 1 saturated heterocycles. The van der Waals surface area contributed by atoms with Crippen molar-refractivity contribution in [1.29, 1.82) is 0 Å². The van der Waals surface area contributed by atoms with Crippen LogP contribution in [-0.4, -0.2) is 94.5 Å². The van der Waals surface area contributed by atoms with Crippen LogP contribution in [0.15, 0.2) is 66.7 Å². The molecule has 1 aromatic heterocycles. The fourth-order valence-electron chi connectivity index (χ4n) is 6.30. The van der Waals surface area contributed by atoms with Crippen molar-refractivity contribution >= 4 is 51.5 Å². The topological polar surface area (TPSA) is 142 Å². The minimum atomic E-state index is -1.68. The molecule has 11 nitrogen and oxygen atoms in total. The van der Waals surface area contributed by atoms with Gasteiger partial charge in [0.15, 0.2) is 5.75 Å². The van der Waals surface area contributed by atoms with Crippen molar-refractivity contribution < 1.29 is 38.3 Å². The molecule has 13 heteroatoms. The molecule has 0 radical (unpaired) electrons. The number of nitrogens with zero attached hydrogens (tertiary/aromatic N) is 2. The fraction of sp³-hybridized carbons (Fsp3) is 0.410. The lowest BCUT2D eigenvalue weighted by Gasteiger charge is -2.26. The van der Waals surface area contributed by atoms with Crippen LogP contribution in [0.2, 0.25) is 5.02 Å². The SMILES string of the molecule is COc1ccc2c(c1)c(CC(=O)OCC(O)C[S+]([O-])CC(=O)NCCCOc1cccc(CN3CCCCC3)c1)c(C)n2C(=O)c1ccc(Cl)cc1. The van der Waals surface area contributed by atoms with Crippen LogP contribution in [0.5, 0.6) is 11.5 Å². The Bertz CT molecular complexity index is 1830. The van der Waals surface area contributed by atoms with Gasteiger partial charge in [0.2, 0.25) is 0 Å². The quantitative estimate of drug-likeness (QED) is 0.0860. The second-order valence-electron chi connectivity index (χ2n) is 12.9. The Morgan fingerprint density at radius 1 is 1.02 bits per heavy atom. The molecule has 2 N–H and O–H groups in total. The first-order valence-electron chi connectivity index (χ1n) is 17.5. The first-order valence-corrected chi connectivity index (χ1v) is 19.4. The smallest absolute Gasteiger partial charge is 0.310 e. The van der Waals surface area contributed by atoms with Gasteiger partial charge in [-0.2, -0.15) is 0 Å². The molecule has 5 rings (SSSR count). The molecule has 3 aromatic carbocycles. The van der Waals surface area contributed by atoms with Gasteiger partial charge in [-0.25, -0.2) is 0 Å². The van der Waals surface area contributed by atoms with Crippen molar-refractivity contribution in [2.24, 2.45) is 0 Å². The standard InChI is InChI=1S/C39H46ClN3O8S/c1-27-34(35-21-32(49-2)14-15-36(35)43(27)39(47)29-10-12-30(40)13-11-29)22-38(46)51-24-31(44)25-52(48)26-37(45)41-16-7-19-50-33-9-6-8-28(20-33)23-42-17-4-3-5-18-42/h6,8-15,20-21,31,44H,3-5,7,16-19,22-26H2,1-2H3,(H,41,45). The fourth-order valence-corrected chi connectivity index (χ4v) is 7.46. The molecule has 278 valence electrons. The molecule has 1 fully saturated rings. The predicted octanol–water partition coefficient (Wildman–Crippen LogP) is 5.07. The van der Waals surface area contributed by atoms with Crippen LogP contribution in [0, 0.1) is 6.92 Å². The normalized spacial score (nSPS) is 14.5. The third-order valence-corrected chi connectivity index (χ3v) is 10.5. The molecule has 0 bridgehead atoms. The van der Waals surface area contributed by atoms with Crippen LogP contribution in [-0.2, 0) is 38.5 Å². The molecule has 52 heavy (non-hydrogen) atoms. The van der Waals surface area contributed by atoms with E-state index in [-0.39, 0.29) is 23.8 Å². The van der Waals surface area contributed by atoms with Crippen LogP contribution in [0.3, 0.4) is 0 Å². The minimum absolute atomic E-state index is 0.178. The summed E-state index contributed by atoms with van der Waals surface area (Å²) in [5, 5.41) is 14.3. The Morgan fingerprint density at radius 3 is 2.54 bits per heavy atom. The number of aromatic nitrogens is 1. The second-order valence-corrected chi connectivity index (χ2v) is 14.8. The number of fused-ring (bicyclic) bond motifs is 1. The summed E-state index contributed by atoms with van der Waals surface area (Å²) < 4.78 is 30.7. The molecule has 2 atom stereocenters. The van der Waals surface area contributed by atoms with Crippen LogP contribution in [0.1, 0.15) is 52.9 Å². The third kappa shape index (κ3) is 11.0. The monoisotopic (exact) mass is 751 g/mol. The number of esters is 1. The van der Waals surface area contributed by atoms with Gasteiger partial charge in [-0.05, 0) is 116 Å². The second kappa shape index (κ2) is 19.1. The highest BCUT2D eigenvalue weighted by atomic mass is 35.5. The number of likely N-dealkylation sites (tertiary alicyclic amines) is 1. The Balaban J connectivity index is 1.04. The van der Waals surface area contributed by atoms with Crippen molar-refractivity contribution in [3.8, 4) is 11.5 Å². The van der Waals surface area contributed by atoms with Gasteiger partial charge in [0, 0.05) is 34.8 Å². The van der Waals surface area contributed by atoms with Gasteiger partial charge in [0.05, 0.1) is 25.7 Å². The summed E-state index contributed by atoms with van der Waals surface area (Å²) in [7, 11) is 1.53. The summed E-state index contributed by atoms with van der Waals surface area (Å²) >= 11 is 4.34. The molecule has 2 heterocycles. The molecule has 0 spiro atoms. The van der Waals surface area contributed by atoms with E-state index in [2.05, 4.69) is 22.3 Å². The Morgan fingerprint density at radius 2 is 1.79 bits per heavy atom. The zero-order valence-corrected chi connectivity index (χ0v) is 31.2. The summed E-state index contributed by atoms with van der Waals surface area (Å²) in [5.74, 6) is -0.497. The maximum Gasteiger partial charge on any atom is 0.310 e. The van der Waals surface area contributed by atoms with E-state index in [0.29, 0.717) is 58.1 Å². The summed E-state index contributed by atoms with van der Waals surface area (Å²) in [6.45, 7) is 5.30. The summed E-state index contributed by atoms with van der Waals surface area (Å²) in [6, 6.07) is 19.9. The molecule has 1 aliphatic heterocycles. The summed E-state index contributed by atoms with van der Waals surface area (Å²) in [6.07, 6.45) is 2.96. The molecule has 2 unspecified atom stereocenters. The lowest BCUT2D eigenvalue weighted by molar-refractivity contribution is -0.145. The van der Waals surface area contributed by atoms with Crippen LogP contribution >= 0.6 is 11.6 Å². The maximum atomic E-state index is 13.5. The molecule has 0 aliphatic carbocycles. The Kier molecular flexibility index (Phi) is 14.4. The molecule has 4 aromatic rings. The number of hydrogen-bond acceptors (Lipinski definition) is 9. The summed E-state index contributed by atoms with van der Waals surface area (Å²) in [4.78, 5) is 41.3. The number of carbonyl (C=O) groups excluding carboxylic acids is 3. The highest BCUT2D eigenvalue weighted by molar-refractivity contribution is 7.92. The van der Waals surface area contributed by atoms with E-state index in [4.69, 9.17) is 25.8 Å². The number of methoxy groups -OCH3 is 1. The number of ether oxygens (including phenoxy) is 3. The first-order chi connectivity index (χ1) is 25.1. The molecular weight excluding hydrogens is 706 g/mol. The number of aliphatic hydroxyl groups is 1. The maximum absolute atomic E-state index is 13.5. The zero-order chi connectivity index (χ0) is 37.0. The third-order valence-electron chi connectivity index (χ3n) is 8.93. The average molecular weight is 752 g/mol. The molecular formula is C39H46ClN3O8S. The van der Waals surface area contributed by atoms with E-state index in [1.54, 1.807) is 49.4 Å². The van der Waals surface area contributed by atoms with Crippen molar-refractivity contribution in [2.75, 3.05) is 51.5 Å². The highest BCUT2D eigenvalue weighted by Gasteiger charge is 2.24. The van der Waals surface area contributed by atoms with Crippen LogP contribution in [0.25, 0.3) is 10.9 Å². The van der Waals surface area contributed by atoms with Gasteiger partial charge < -0.3 is 29.2 Å². The number of carbonyl (C=O) groups is 3. The predicted molar refractivity (Wildman–Crippen MR) is 202 cm³/mol. The number of nitrogens with one attached hydrogen (secondary N) is 1. The highest BCUT2D eigenvalue weighted by Crippen LogP contribution is 2.31. The van der Waals surface area contributed by atoms with E-state index in [0.717, 1.165) is 25.4 Å². The molecule has 0 saturated carbocycles. The van der Waals surface area contributed by atoms with Gasteiger partial charge >= 0.3 is 5.97 Å². The largest absolute Gasteiger partial charge is 0.616 e. The minimum Gasteiger partial charge on any atom is -0.616 e. The average Bonchev–Trinajstić information content (AvgIpc) is 3.40. The van der Waals surface area contributed by atoms with E-state index in [1.165, 1.54) is 36.5 Å². The lowest BCUT2D eigenvalue weighted by Crippen LogP contribution is -2.36. The van der Waals surface area contributed by atoms with Gasteiger partial charge in [0.25, 0.3) is 11.8 Å². The van der Waals surface area contributed by atoms with E-state index >= 15 is 0 Å². The van der Waals surface area contributed by atoms with Crippen molar-refractivity contribution in [2.45, 2.75) is 51.7 Å². The van der Waals surface area contributed by atoms with Gasteiger partial charge in [-0.15, -0.1) is 0 Å². The van der Waals surface area contributed by atoms with E-state index in [1.807, 2.05) is 12.1 Å². The number of benzene rings is 3. The van der Waals surface area contributed by atoms with Crippen LogP contribution < -0.4 is 14.8 Å². The van der Waals surface area contributed by atoms with Gasteiger partial charge in [-0.1, -0.05) is 30.2 Å². The number of rotatable bonds is 17. The Hall–Kier alpha value is -4.07. The van der Waals surface area contributed by atoms with Crippen molar-refractivity contribution in [3.05, 3.63) is 94.1 Å². The number of amides is 1. The zero-order valence-electron chi connectivity index (χ0n) is 29.6. The molecule has 1 amide bonds. The first kappa shape index (κ1) is 39.1. The number of piperidine rings is 1. The van der Waals surface area contributed by atoms with Gasteiger partial charge in [0.1, 0.15) is 30.0 Å². The van der Waals surface area contributed by atoms with Crippen LogP contribution in [0.4, 0.5) is 0 Å². The Labute approximate surface area is 312 Å². The van der Waals surface area contributed by atoms with E-state index < -0.39 is 35.8 Å². The number of hydrogen-bond donors (Lipinski definition) is 2.